The predicted molar refractivity (Wildman–Crippen MR) is 50.6 cm³/mol. The summed E-state index contributed by atoms with van der Waals surface area (Å²) in [6.45, 7) is 0. The van der Waals surface area contributed by atoms with Gasteiger partial charge in [-0.25, -0.2) is 8.42 Å². The van der Waals surface area contributed by atoms with Crippen molar-refractivity contribution in [1.82, 2.24) is 5.32 Å². The largest absolute Gasteiger partial charge is 0.303 e. The minimum atomic E-state index is -3.44. The van der Waals surface area contributed by atoms with Crippen LogP contribution in [0, 0.1) is 0 Å². The van der Waals surface area contributed by atoms with Gasteiger partial charge >= 0.3 is 0 Å². The Morgan fingerprint density at radius 1 is 1.64 bits per heavy atom. The van der Waals surface area contributed by atoms with Crippen molar-refractivity contribution in [3.8, 4) is 0 Å². The van der Waals surface area contributed by atoms with Crippen molar-refractivity contribution in [2.24, 2.45) is 0 Å². The Hall–Kier alpha value is 0.550. The molecule has 0 spiro atoms. The van der Waals surface area contributed by atoms with E-state index < -0.39 is 14.4 Å². The van der Waals surface area contributed by atoms with Crippen LogP contribution >= 0.6 is 22.4 Å². The van der Waals surface area contributed by atoms with Crippen molar-refractivity contribution in [2.45, 2.75) is 11.8 Å². The maximum absolute atomic E-state index is 10.8. The molecule has 0 saturated heterocycles. The molecular formula is C5H12ClNO2S2. The van der Waals surface area contributed by atoms with Crippen LogP contribution in [0.2, 0.25) is 0 Å². The van der Waals surface area contributed by atoms with E-state index in [-0.39, 0.29) is 0 Å². The second kappa shape index (κ2) is 5.24. The minimum Gasteiger partial charge on any atom is -0.303 e. The molecule has 0 bridgehead atoms. The van der Waals surface area contributed by atoms with Gasteiger partial charge in [-0.15, -0.1) is 0 Å². The molecule has 0 aliphatic rings. The van der Waals surface area contributed by atoms with Crippen molar-refractivity contribution < 1.29 is 8.42 Å². The zero-order chi connectivity index (χ0) is 8.91. The molecule has 0 heterocycles. The van der Waals surface area contributed by atoms with Gasteiger partial charge in [0.25, 0.3) is 0 Å². The zero-order valence-corrected chi connectivity index (χ0v) is 8.89. The maximum Gasteiger partial charge on any atom is 0.248 e. The average Bonchev–Trinajstić information content (AvgIpc) is 1.87. The molecular weight excluding hydrogens is 206 g/mol. The molecule has 0 aromatic heterocycles. The van der Waals surface area contributed by atoms with E-state index in [1.807, 2.05) is 6.26 Å². The van der Waals surface area contributed by atoms with Gasteiger partial charge in [0.05, 0.1) is 0 Å². The standard InChI is InChI=1S/C5H12ClNO2S2/c1-7-5(3-4-10-2)11(6,8)9/h5,7H,3-4H2,1-2H3/t5-/m1/s1. The van der Waals surface area contributed by atoms with Gasteiger partial charge in [0.1, 0.15) is 5.37 Å². The van der Waals surface area contributed by atoms with Crippen LogP contribution in [-0.2, 0) is 9.05 Å². The smallest absolute Gasteiger partial charge is 0.248 e. The first-order chi connectivity index (χ1) is 5.02. The summed E-state index contributed by atoms with van der Waals surface area (Å²) in [5, 5.41) is 2.03. The maximum atomic E-state index is 10.8. The van der Waals surface area contributed by atoms with E-state index >= 15 is 0 Å². The molecule has 0 unspecified atom stereocenters. The highest BCUT2D eigenvalue weighted by Gasteiger charge is 2.19. The molecule has 0 saturated carbocycles. The number of halogens is 1. The molecule has 1 N–H and O–H groups in total. The fourth-order valence-corrected chi connectivity index (χ4v) is 2.49. The van der Waals surface area contributed by atoms with Gasteiger partial charge in [-0.2, -0.15) is 11.8 Å². The van der Waals surface area contributed by atoms with E-state index in [2.05, 4.69) is 5.32 Å². The van der Waals surface area contributed by atoms with Crippen LogP contribution < -0.4 is 5.32 Å². The first-order valence-corrected chi connectivity index (χ1v) is 6.88. The number of hydrogen-bond acceptors (Lipinski definition) is 4. The Morgan fingerprint density at radius 2 is 2.18 bits per heavy atom. The van der Waals surface area contributed by atoms with E-state index in [4.69, 9.17) is 10.7 Å². The SMILES string of the molecule is CN[C@@H](CCSC)S(=O)(=O)Cl. The Morgan fingerprint density at radius 3 is 2.45 bits per heavy atom. The third-order valence-electron chi connectivity index (χ3n) is 1.25. The Labute approximate surface area is 76.3 Å². The lowest BCUT2D eigenvalue weighted by Crippen LogP contribution is -2.31. The zero-order valence-electron chi connectivity index (χ0n) is 6.50. The number of nitrogens with one attached hydrogen (secondary N) is 1. The highest BCUT2D eigenvalue weighted by atomic mass is 35.7. The summed E-state index contributed by atoms with van der Waals surface area (Å²) in [6.07, 6.45) is 2.47. The molecule has 68 valence electrons. The van der Waals surface area contributed by atoms with E-state index in [1.165, 1.54) is 0 Å². The number of hydrogen-bond donors (Lipinski definition) is 1. The lowest BCUT2D eigenvalue weighted by molar-refractivity contribution is 0.574. The summed E-state index contributed by atoms with van der Waals surface area (Å²) in [5.74, 6) is 0.789. The molecule has 3 nitrogen and oxygen atoms in total. The third kappa shape index (κ3) is 4.90. The molecule has 11 heavy (non-hydrogen) atoms. The van der Waals surface area contributed by atoms with Gasteiger partial charge in [0.15, 0.2) is 0 Å². The quantitative estimate of drug-likeness (QED) is 0.694. The van der Waals surface area contributed by atoms with Crippen LogP contribution in [0.3, 0.4) is 0 Å². The molecule has 0 aliphatic heterocycles. The minimum absolute atomic E-state index is 0.545. The predicted octanol–water partition coefficient (Wildman–Crippen LogP) is 0.854. The van der Waals surface area contributed by atoms with Crippen molar-refractivity contribution in [2.75, 3.05) is 19.1 Å². The Balaban J connectivity index is 3.97. The van der Waals surface area contributed by atoms with E-state index in [9.17, 15) is 8.42 Å². The number of thioether (sulfide) groups is 1. The van der Waals surface area contributed by atoms with Crippen molar-refractivity contribution in [3.63, 3.8) is 0 Å². The molecule has 0 aromatic carbocycles. The second-order valence-corrected chi connectivity index (χ2v) is 5.83. The Kier molecular flexibility index (Phi) is 5.50. The lowest BCUT2D eigenvalue weighted by atomic mass is 10.5. The van der Waals surface area contributed by atoms with Crippen LogP contribution in [-0.4, -0.2) is 32.8 Å². The van der Waals surface area contributed by atoms with Crippen LogP contribution in [0.25, 0.3) is 0 Å². The van der Waals surface area contributed by atoms with Gasteiger partial charge in [-0.1, -0.05) is 0 Å². The van der Waals surface area contributed by atoms with E-state index in [0.29, 0.717) is 6.42 Å². The van der Waals surface area contributed by atoms with E-state index in [0.717, 1.165) is 5.75 Å². The summed E-state index contributed by atoms with van der Waals surface area (Å²) >= 11 is 1.60. The molecule has 0 aliphatic carbocycles. The molecule has 0 fully saturated rings. The topological polar surface area (TPSA) is 46.2 Å². The molecule has 0 rings (SSSR count). The molecule has 1 atom stereocenters. The fraction of sp³-hybridized carbons (Fsp3) is 1.00. The van der Waals surface area contributed by atoms with Gasteiger partial charge in [0, 0.05) is 10.7 Å². The van der Waals surface area contributed by atoms with Gasteiger partial charge in [0.2, 0.25) is 9.05 Å². The summed E-state index contributed by atoms with van der Waals surface area (Å²) in [5.41, 5.74) is 0. The molecule has 6 heteroatoms. The summed E-state index contributed by atoms with van der Waals surface area (Å²) in [6, 6.07) is 0. The molecule has 0 aromatic rings. The van der Waals surface area contributed by atoms with Gasteiger partial charge < -0.3 is 5.32 Å². The van der Waals surface area contributed by atoms with Crippen molar-refractivity contribution in [3.05, 3.63) is 0 Å². The van der Waals surface area contributed by atoms with E-state index in [1.54, 1.807) is 18.8 Å². The summed E-state index contributed by atoms with van der Waals surface area (Å²) < 4.78 is 21.5. The van der Waals surface area contributed by atoms with Crippen molar-refractivity contribution in [1.29, 1.82) is 0 Å². The first kappa shape index (κ1) is 11.6. The number of rotatable bonds is 5. The van der Waals surface area contributed by atoms with Gasteiger partial charge in [-0.05, 0) is 25.5 Å². The highest BCUT2D eigenvalue weighted by molar-refractivity contribution is 8.14. The second-order valence-electron chi connectivity index (χ2n) is 2.03. The molecule has 0 radical (unpaired) electrons. The Bertz CT molecular complexity index is 193. The van der Waals surface area contributed by atoms with Crippen LogP contribution in [0.1, 0.15) is 6.42 Å². The van der Waals surface area contributed by atoms with Crippen LogP contribution in [0.4, 0.5) is 0 Å². The summed E-state index contributed by atoms with van der Waals surface area (Å²) in [7, 11) is 3.28. The summed E-state index contributed by atoms with van der Waals surface area (Å²) in [4.78, 5) is 0. The van der Waals surface area contributed by atoms with Crippen molar-refractivity contribution >= 4 is 31.5 Å². The average molecular weight is 218 g/mol. The monoisotopic (exact) mass is 217 g/mol. The highest BCUT2D eigenvalue weighted by Crippen LogP contribution is 2.10. The normalized spacial score (nSPS) is 14.8. The first-order valence-electron chi connectivity index (χ1n) is 3.12. The lowest BCUT2D eigenvalue weighted by Gasteiger charge is -2.10. The molecule has 0 amide bonds. The van der Waals surface area contributed by atoms with Crippen LogP contribution in [0.5, 0.6) is 0 Å². The fourth-order valence-electron chi connectivity index (χ4n) is 0.651. The van der Waals surface area contributed by atoms with Crippen LogP contribution in [0.15, 0.2) is 0 Å². The third-order valence-corrected chi connectivity index (χ3v) is 3.69. The van der Waals surface area contributed by atoms with Gasteiger partial charge in [-0.3, -0.25) is 0 Å².